The number of imidazole rings is 1. The largest absolute Gasteiger partial charge is 0.337 e. The molecule has 2 heterocycles. The molecule has 3 rings (SSSR count). The van der Waals surface area contributed by atoms with E-state index < -0.39 is 10.0 Å². The minimum atomic E-state index is -3.39. The normalized spacial score (nSPS) is 17.8. The van der Waals surface area contributed by atoms with Crippen LogP contribution in [0.25, 0.3) is 6.08 Å². The molecule has 1 aromatic carbocycles. The standard InChI is InChI=1S/C18H24N4O2S/c1-20-12-9-19-18(20)16-21-10-5-11-22(14-13-21)25(23,24)15-8-17-6-3-2-4-7-17/h2-4,6-9,12,15H,5,10-11,13-14,16H2,1H3. The van der Waals surface area contributed by atoms with E-state index >= 15 is 0 Å². The van der Waals surface area contributed by atoms with Gasteiger partial charge in [-0.05, 0) is 24.6 Å². The Bertz CT molecular complexity index is 815. The number of hydrogen-bond acceptors (Lipinski definition) is 4. The van der Waals surface area contributed by atoms with Gasteiger partial charge in [0.25, 0.3) is 0 Å². The van der Waals surface area contributed by atoms with Gasteiger partial charge in [0.15, 0.2) is 0 Å². The Labute approximate surface area is 149 Å². The molecule has 0 saturated carbocycles. The predicted octanol–water partition coefficient (Wildman–Crippen LogP) is 1.93. The van der Waals surface area contributed by atoms with E-state index in [-0.39, 0.29) is 0 Å². The number of aryl methyl sites for hydroxylation is 1. The minimum absolute atomic E-state index is 0.506. The molecule has 1 saturated heterocycles. The third-order valence-electron chi connectivity index (χ3n) is 4.43. The zero-order valence-corrected chi connectivity index (χ0v) is 15.3. The summed E-state index contributed by atoms with van der Waals surface area (Å²) in [5.41, 5.74) is 0.886. The van der Waals surface area contributed by atoms with Crippen LogP contribution in [0.5, 0.6) is 0 Å². The summed E-state index contributed by atoms with van der Waals surface area (Å²) in [5.74, 6) is 1.00. The van der Waals surface area contributed by atoms with Crippen LogP contribution in [0.1, 0.15) is 17.8 Å². The van der Waals surface area contributed by atoms with Crippen LogP contribution >= 0.6 is 0 Å². The summed E-state index contributed by atoms with van der Waals surface area (Å²) in [6.45, 7) is 3.40. The van der Waals surface area contributed by atoms with E-state index in [0.717, 1.165) is 30.9 Å². The van der Waals surface area contributed by atoms with Crippen molar-refractivity contribution < 1.29 is 8.42 Å². The van der Waals surface area contributed by atoms with Crippen molar-refractivity contribution >= 4 is 16.1 Å². The van der Waals surface area contributed by atoms with Gasteiger partial charge in [-0.1, -0.05) is 30.3 Å². The highest BCUT2D eigenvalue weighted by Crippen LogP contribution is 2.13. The lowest BCUT2D eigenvalue weighted by Gasteiger charge is -2.20. The van der Waals surface area contributed by atoms with E-state index in [0.29, 0.717) is 19.6 Å². The fraction of sp³-hybridized carbons (Fsp3) is 0.389. The van der Waals surface area contributed by atoms with E-state index in [2.05, 4.69) is 9.88 Å². The zero-order chi connectivity index (χ0) is 17.7. The maximum atomic E-state index is 12.6. The average molecular weight is 360 g/mol. The van der Waals surface area contributed by atoms with Gasteiger partial charge in [0.05, 0.1) is 6.54 Å². The summed E-state index contributed by atoms with van der Waals surface area (Å²) in [4.78, 5) is 6.61. The summed E-state index contributed by atoms with van der Waals surface area (Å²) in [5, 5.41) is 1.32. The highest BCUT2D eigenvalue weighted by atomic mass is 32.2. The van der Waals surface area contributed by atoms with Crippen LogP contribution in [0.2, 0.25) is 0 Å². The van der Waals surface area contributed by atoms with Crippen molar-refractivity contribution in [3.63, 3.8) is 0 Å². The van der Waals surface area contributed by atoms with Gasteiger partial charge in [-0.3, -0.25) is 4.90 Å². The first-order valence-electron chi connectivity index (χ1n) is 8.46. The van der Waals surface area contributed by atoms with Crippen molar-refractivity contribution in [2.45, 2.75) is 13.0 Å². The molecular weight excluding hydrogens is 336 g/mol. The Morgan fingerprint density at radius 1 is 1.12 bits per heavy atom. The Morgan fingerprint density at radius 3 is 2.64 bits per heavy atom. The Hall–Kier alpha value is -1.96. The Balaban J connectivity index is 1.62. The number of hydrogen-bond donors (Lipinski definition) is 0. The lowest BCUT2D eigenvalue weighted by molar-refractivity contribution is 0.269. The molecule has 0 radical (unpaired) electrons. The second-order valence-electron chi connectivity index (χ2n) is 6.24. The van der Waals surface area contributed by atoms with Gasteiger partial charge < -0.3 is 4.57 Å². The van der Waals surface area contributed by atoms with E-state index in [9.17, 15) is 8.42 Å². The van der Waals surface area contributed by atoms with E-state index in [4.69, 9.17) is 0 Å². The van der Waals surface area contributed by atoms with E-state index in [1.54, 1.807) is 16.6 Å². The lowest BCUT2D eigenvalue weighted by atomic mass is 10.2. The van der Waals surface area contributed by atoms with Crippen LogP contribution in [-0.4, -0.2) is 53.4 Å². The topological polar surface area (TPSA) is 58.4 Å². The molecular formula is C18H24N4O2S. The van der Waals surface area contributed by atoms with Gasteiger partial charge >= 0.3 is 0 Å². The molecule has 0 spiro atoms. The van der Waals surface area contributed by atoms with Crippen molar-refractivity contribution in [2.75, 3.05) is 26.2 Å². The van der Waals surface area contributed by atoms with Crippen LogP contribution in [0.15, 0.2) is 48.1 Å². The van der Waals surface area contributed by atoms with Crippen molar-refractivity contribution in [1.82, 2.24) is 18.8 Å². The van der Waals surface area contributed by atoms with Crippen LogP contribution in [-0.2, 0) is 23.6 Å². The van der Waals surface area contributed by atoms with Crippen LogP contribution in [0.4, 0.5) is 0 Å². The number of rotatable bonds is 5. The molecule has 6 nitrogen and oxygen atoms in total. The van der Waals surface area contributed by atoms with Crippen LogP contribution < -0.4 is 0 Å². The Morgan fingerprint density at radius 2 is 1.92 bits per heavy atom. The van der Waals surface area contributed by atoms with E-state index in [1.165, 1.54) is 5.41 Å². The smallest absolute Gasteiger partial charge is 0.236 e. The fourth-order valence-electron chi connectivity index (χ4n) is 2.92. The summed E-state index contributed by atoms with van der Waals surface area (Å²) >= 11 is 0. The number of sulfonamides is 1. The fourth-order valence-corrected chi connectivity index (χ4v) is 4.14. The monoisotopic (exact) mass is 360 g/mol. The summed E-state index contributed by atoms with van der Waals surface area (Å²) in [7, 11) is -1.42. The molecule has 0 N–H and O–H groups in total. The summed E-state index contributed by atoms with van der Waals surface area (Å²) in [6.07, 6.45) is 6.20. The highest BCUT2D eigenvalue weighted by Gasteiger charge is 2.23. The van der Waals surface area contributed by atoms with Gasteiger partial charge in [0.2, 0.25) is 10.0 Å². The van der Waals surface area contributed by atoms with Crippen molar-refractivity contribution in [3.05, 3.63) is 59.5 Å². The van der Waals surface area contributed by atoms with Gasteiger partial charge in [-0.15, -0.1) is 0 Å². The maximum Gasteiger partial charge on any atom is 0.236 e. The van der Waals surface area contributed by atoms with Crippen LogP contribution in [0, 0.1) is 0 Å². The second kappa shape index (κ2) is 7.95. The first kappa shape index (κ1) is 17.8. The molecule has 2 aromatic rings. The van der Waals surface area contributed by atoms with Gasteiger partial charge in [0.1, 0.15) is 5.82 Å². The molecule has 134 valence electrons. The number of nitrogens with zero attached hydrogens (tertiary/aromatic N) is 4. The van der Waals surface area contributed by atoms with Crippen molar-refractivity contribution in [2.24, 2.45) is 7.05 Å². The van der Waals surface area contributed by atoms with Gasteiger partial charge in [0, 0.05) is 44.5 Å². The number of aromatic nitrogens is 2. The lowest BCUT2D eigenvalue weighted by Crippen LogP contribution is -2.34. The zero-order valence-electron chi connectivity index (χ0n) is 14.5. The first-order chi connectivity index (χ1) is 12.0. The molecule has 1 aromatic heterocycles. The average Bonchev–Trinajstić information content (AvgIpc) is 2.86. The number of benzene rings is 1. The molecule has 0 atom stereocenters. The van der Waals surface area contributed by atoms with E-state index in [1.807, 2.05) is 48.1 Å². The molecule has 25 heavy (non-hydrogen) atoms. The maximum absolute atomic E-state index is 12.6. The predicted molar refractivity (Wildman–Crippen MR) is 99.1 cm³/mol. The minimum Gasteiger partial charge on any atom is -0.337 e. The molecule has 0 unspecified atom stereocenters. The summed E-state index contributed by atoms with van der Waals surface area (Å²) < 4.78 is 28.8. The second-order valence-corrected chi connectivity index (χ2v) is 8.06. The molecule has 1 aliphatic rings. The van der Waals surface area contributed by atoms with Crippen LogP contribution in [0.3, 0.4) is 0 Å². The Kier molecular flexibility index (Phi) is 5.67. The third kappa shape index (κ3) is 4.78. The molecule has 1 fully saturated rings. The highest BCUT2D eigenvalue weighted by molar-refractivity contribution is 7.92. The van der Waals surface area contributed by atoms with Crippen molar-refractivity contribution in [1.29, 1.82) is 0 Å². The quantitative estimate of drug-likeness (QED) is 0.817. The molecule has 7 heteroatoms. The molecule has 0 amide bonds. The van der Waals surface area contributed by atoms with Gasteiger partial charge in [-0.2, -0.15) is 4.31 Å². The molecule has 0 bridgehead atoms. The van der Waals surface area contributed by atoms with Gasteiger partial charge in [-0.25, -0.2) is 13.4 Å². The molecule has 1 aliphatic heterocycles. The first-order valence-corrected chi connectivity index (χ1v) is 9.97. The molecule has 0 aliphatic carbocycles. The summed E-state index contributed by atoms with van der Waals surface area (Å²) in [6, 6.07) is 9.49. The third-order valence-corrected chi connectivity index (χ3v) is 5.99. The van der Waals surface area contributed by atoms with Crippen molar-refractivity contribution in [3.8, 4) is 0 Å². The SMILES string of the molecule is Cn1ccnc1CN1CCCN(S(=O)(=O)C=Cc2ccccc2)CC1.